The molecule has 0 aliphatic rings. The van der Waals surface area contributed by atoms with Gasteiger partial charge in [0.2, 0.25) is 0 Å². The number of imidazole rings is 1. The minimum absolute atomic E-state index is 0.910. The molecule has 0 saturated heterocycles. The minimum Gasteiger partial charge on any atom is -0.327 e. The quantitative estimate of drug-likeness (QED) is 0.706. The Labute approximate surface area is 130 Å². The van der Waals surface area contributed by atoms with Gasteiger partial charge in [-0.15, -0.1) is 11.3 Å². The predicted octanol–water partition coefficient (Wildman–Crippen LogP) is 3.96. The van der Waals surface area contributed by atoms with E-state index in [1.165, 1.54) is 14.9 Å². The largest absolute Gasteiger partial charge is 0.327 e. The van der Waals surface area contributed by atoms with Crippen molar-refractivity contribution in [2.45, 2.75) is 20.0 Å². The summed E-state index contributed by atoms with van der Waals surface area (Å²) < 4.78 is 3.46. The zero-order chi connectivity index (χ0) is 13.9. The summed E-state index contributed by atoms with van der Waals surface area (Å²) in [5.41, 5.74) is 3.62. The molecule has 5 heteroatoms. The van der Waals surface area contributed by atoms with Crippen LogP contribution in [0, 0.1) is 6.92 Å². The van der Waals surface area contributed by atoms with E-state index >= 15 is 0 Å². The molecule has 1 aromatic carbocycles. The Bertz CT molecular complexity index is 717. The first-order chi connectivity index (χ1) is 9.74. The summed E-state index contributed by atoms with van der Waals surface area (Å²) in [6, 6.07) is 10.5. The lowest BCUT2D eigenvalue weighted by molar-refractivity contribution is 0.598. The molecule has 3 rings (SSSR count). The Balaban J connectivity index is 1.61. The summed E-state index contributed by atoms with van der Waals surface area (Å²) in [5, 5.41) is 5.66. The molecule has 104 valence electrons. The van der Waals surface area contributed by atoms with Gasteiger partial charge in [-0.1, -0.05) is 12.1 Å². The van der Waals surface area contributed by atoms with E-state index in [0.717, 1.165) is 31.0 Å². The normalized spacial score (nSPS) is 11.3. The molecule has 0 fully saturated rings. The predicted molar refractivity (Wildman–Crippen MR) is 88.2 cm³/mol. The van der Waals surface area contributed by atoms with E-state index in [4.69, 9.17) is 0 Å². The molecule has 2 aromatic heterocycles. The SMILES string of the molecule is Cc1nc2ccccc2n1CCNCc1csc(Br)c1. The van der Waals surface area contributed by atoms with Crippen LogP contribution in [0.25, 0.3) is 11.0 Å². The molecule has 0 spiro atoms. The van der Waals surface area contributed by atoms with Crippen molar-refractivity contribution in [1.82, 2.24) is 14.9 Å². The maximum atomic E-state index is 4.58. The molecular formula is C15H16BrN3S. The first kappa shape index (κ1) is 13.8. The second-order valence-electron chi connectivity index (χ2n) is 4.74. The molecule has 1 N–H and O–H groups in total. The van der Waals surface area contributed by atoms with Crippen LogP contribution >= 0.6 is 27.3 Å². The number of nitrogens with one attached hydrogen (secondary N) is 1. The molecule has 0 radical (unpaired) electrons. The molecule has 0 saturated carbocycles. The highest BCUT2D eigenvalue weighted by Crippen LogP contribution is 2.20. The van der Waals surface area contributed by atoms with Crippen molar-refractivity contribution in [3.8, 4) is 0 Å². The van der Waals surface area contributed by atoms with Gasteiger partial charge in [0.25, 0.3) is 0 Å². The Hall–Kier alpha value is -1.17. The zero-order valence-electron chi connectivity index (χ0n) is 11.3. The van der Waals surface area contributed by atoms with Crippen LogP contribution in [0.2, 0.25) is 0 Å². The van der Waals surface area contributed by atoms with Crippen molar-refractivity contribution in [3.05, 3.63) is 50.9 Å². The number of aromatic nitrogens is 2. The number of benzene rings is 1. The Kier molecular flexibility index (Phi) is 4.19. The third-order valence-corrected chi connectivity index (χ3v) is 4.86. The van der Waals surface area contributed by atoms with Crippen LogP contribution in [0.3, 0.4) is 0 Å². The number of nitrogens with zero attached hydrogens (tertiary/aromatic N) is 2. The fraction of sp³-hybridized carbons (Fsp3) is 0.267. The lowest BCUT2D eigenvalue weighted by Crippen LogP contribution is -2.19. The van der Waals surface area contributed by atoms with Gasteiger partial charge >= 0.3 is 0 Å². The van der Waals surface area contributed by atoms with E-state index in [9.17, 15) is 0 Å². The van der Waals surface area contributed by atoms with E-state index in [-0.39, 0.29) is 0 Å². The molecule has 0 atom stereocenters. The summed E-state index contributed by atoms with van der Waals surface area (Å²) in [5.74, 6) is 1.08. The second kappa shape index (κ2) is 6.08. The second-order valence-corrected chi connectivity index (χ2v) is 7.03. The maximum Gasteiger partial charge on any atom is 0.106 e. The van der Waals surface area contributed by atoms with Crippen molar-refractivity contribution in [3.63, 3.8) is 0 Å². The van der Waals surface area contributed by atoms with Crippen LogP contribution in [0.1, 0.15) is 11.4 Å². The Morgan fingerprint density at radius 1 is 1.35 bits per heavy atom. The van der Waals surface area contributed by atoms with Crippen LogP contribution < -0.4 is 5.32 Å². The lowest BCUT2D eigenvalue weighted by atomic mass is 10.3. The number of halogens is 1. The molecule has 0 aliphatic carbocycles. The van der Waals surface area contributed by atoms with Gasteiger partial charge in [-0.3, -0.25) is 0 Å². The molecule has 0 aliphatic heterocycles. The third kappa shape index (κ3) is 2.95. The average molecular weight is 350 g/mol. The number of hydrogen-bond donors (Lipinski definition) is 1. The van der Waals surface area contributed by atoms with Crippen molar-refractivity contribution in [1.29, 1.82) is 0 Å². The van der Waals surface area contributed by atoms with Crippen molar-refractivity contribution in [2.75, 3.05) is 6.54 Å². The minimum atomic E-state index is 0.910. The van der Waals surface area contributed by atoms with Gasteiger partial charge in [0.1, 0.15) is 5.82 Å². The number of aryl methyl sites for hydroxylation is 1. The van der Waals surface area contributed by atoms with Crippen LogP contribution in [-0.2, 0) is 13.1 Å². The molecule has 3 nitrogen and oxygen atoms in total. The Morgan fingerprint density at radius 2 is 2.20 bits per heavy atom. The van der Waals surface area contributed by atoms with Crippen molar-refractivity contribution in [2.24, 2.45) is 0 Å². The first-order valence-electron chi connectivity index (χ1n) is 6.59. The van der Waals surface area contributed by atoms with Crippen LogP contribution in [0.5, 0.6) is 0 Å². The molecular weight excluding hydrogens is 334 g/mol. The highest BCUT2D eigenvalue weighted by molar-refractivity contribution is 9.11. The highest BCUT2D eigenvalue weighted by Gasteiger charge is 2.05. The van der Waals surface area contributed by atoms with Crippen molar-refractivity contribution >= 4 is 38.3 Å². The molecule has 0 amide bonds. The fourth-order valence-corrected chi connectivity index (χ4v) is 3.55. The Morgan fingerprint density at radius 3 is 3.00 bits per heavy atom. The van der Waals surface area contributed by atoms with E-state index in [2.05, 4.69) is 67.4 Å². The molecule has 20 heavy (non-hydrogen) atoms. The van der Waals surface area contributed by atoms with Gasteiger partial charge in [0.05, 0.1) is 14.8 Å². The molecule has 3 aromatic rings. The van der Waals surface area contributed by atoms with Gasteiger partial charge < -0.3 is 9.88 Å². The molecule has 0 bridgehead atoms. The number of para-hydroxylation sites is 2. The smallest absolute Gasteiger partial charge is 0.106 e. The summed E-state index contributed by atoms with van der Waals surface area (Å²) in [7, 11) is 0. The van der Waals surface area contributed by atoms with Crippen LogP contribution in [-0.4, -0.2) is 16.1 Å². The van der Waals surface area contributed by atoms with Gasteiger partial charge in [0.15, 0.2) is 0 Å². The highest BCUT2D eigenvalue weighted by atomic mass is 79.9. The van der Waals surface area contributed by atoms with Crippen LogP contribution in [0.4, 0.5) is 0 Å². The molecule has 0 unspecified atom stereocenters. The van der Waals surface area contributed by atoms with E-state index in [1.54, 1.807) is 11.3 Å². The summed E-state index contributed by atoms with van der Waals surface area (Å²) >= 11 is 5.21. The lowest BCUT2D eigenvalue weighted by Gasteiger charge is -2.07. The summed E-state index contributed by atoms with van der Waals surface area (Å²) in [6.07, 6.45) is 0. The van der Waals surface area contributed by atoms with Gasteiger partial charge in [-0.2, -0.15) is 0 Å². The van der Waals surface area contributed by atoms with Crippen LogP contribution in [0.15, 0.2) is 39.5 Å². The third-order valence-electron chi connectivity index (χ3n) is 3.31. The monoisotopic (exact) mass is 349 g/mol. The summed E-state index contributed by atoms with van der Waals surface area (Å²) in [6.45, 7) is 4.86. The number of fused-ring (bicyclic) bond motifs is 1. The first-order valence-corrected chi connectivity index (χ1v) is 8.27. The van der Waals surface area contributed by atoms with Gasteiger partial charge in [-0.05, 0) is 52.0 Å². The number of hydrogen-bond acceptors (Lipinski definition) is 3. The number of thiophene rings is 1. The fourth-order valence-electron chi connectivity index (χ4n) is 2.34. The summed E-state index contributed by atoms with van der Waals surface area (Å²) in [4.78, 5) is 4.58. The van der Waals surface area contributed by atoms with E-state index in [1.807, 2.05) is 6.07 Å². The average Bonchev–Trinajstić information content (AvgIpc) is 2.98. The topological polar surface area (TPSA) is 29.9 Å². The van der Waals surface area contributed by atoms with E-state index in [0.29, 0.717) is 0 Å². The van der Waals surface area contributed by atoms with E-state index < -0.39 is 0 Å². The zero-order valence-corrected chi connectivity index (χ0v) is 13.7. The maximum absolute atomic E-state index is 4.58. The van der Waals surface area contributed by atoms with Gasteiger partial charge in [0, 0.05) is 19.6 Å². The standard InChI is InChI=1S/C15H16BrN3S/c1-11-18-13-4-2-3-5-14(13)19(11)7-6-17-9-12-8-15(16)20-10-12/h2-5,8,10,17H,6-7,9H2,1H3. The molecule has 2 heterocycles. The van der Waals surface area contributed by atoms with Gasteiger partial charge in [-0.25, -0.2) is 4.98 Å². The number of rotatable bonds is 5. The van der Waals surface area contributed by atoms with Crippen molar-refractivity contribution < 1.29 is 0 Å².